The fourth-order valence-corrected chi connectivity index (χ4v) is 1.50. The third-order valence-electron chi connectivity index (χ3n) is 1.99. The van der Waals surface area contributed by atoms with Crippen molar-refractivity contribution in [3.63, 3.8) is 0 Å². The Hall–Kier alpha value is -1.67. The van der Waals surface area contributed by atoms with Gasteiger partial charge in [0, 0.05) is 4.86 Å². The maximum absolute atomic E-state index is 5.29. The summed E-state index contributed by atoms with van der Waals surface area (Å²) in [4.78, 5) is 0.783. The van der Waals surface area contributed by atoms with Crippen molar-refractivity contribution in [1.82, 2.24) is 0 Å². The van der Waals surface area contributed by atoms with Crippen molar-refractivity contribution in [2.45, 2.75) is 0 Å². The van der Waals surface area contributed by atoms with Crippen LogP contribution in [0.1, 0.15) is 5.56 Å². The first kappa shape index (κ1) is 9.87. The van der Waals surface area contributed by atoms with Gasteiger partial charge in [-0.05, 0) is 23.8 Å². The van der Waals surface area contributed by atoms with Crippen molar-refractivity contribution >= 4 is 17.1 Å². The van der Waals surface area contributed by atoms with E-state index >= 15 is 0 Å². The molecular weight excluding hydrogens is 204 g/mol. The molecule has 2 heteroatoms. The van der Waals surface area contributed by atoms with Crippen LogP contribution in [-0.2, 0) is 4.74 Å². The summed E-state index contributed by atoms with van der Waals surface area (Å²) in [5.41, 5.74) is 1.03. The summed E-state index contributed by atoms with van der Waals surface area (Å²) in [5.74, 6) is 0.770. The van der Waals surface area contributed by atoms with Crippen LogP contribution >= 0.6 is 12.2 Å². The number of thiocarbonyl (C=S) groups is 1. The zero-order valence-corrected chi connectivity index (χ0v) is 8.91. The van der Waals surface area contributed by atoms with Crippen LogP contribution in [-0.4, -0.2) is 4.86 Å². The van der Waals surface area contributed by atoms with E-state index in [-0.39, 0.29) is 0 Å². The minimum Gasteiger partial charge on any atom is -0.465 e. The van der Waals surface area contributed by atoms with Gasteiger partial charge in [0.05, 0.1) is 6.26 Å². The van der Waals surface area contributed by atoms with Crippen LogP contribution in [0.4, 0.5) is 0 Å². The van der Waals surface area contributed by atoms with Gasteiger partial charge in [-0.1, -0.05) is 48.6 Å². The molecule has 0 radical (unpaired) electrons. The molecule has 1 aromatic rings. The van der Waals surface area contributed by atoms with Gasteiger partial charge in [-0.2, -0.15) is 0 Å². The molecule has 0 atom stereocenters. The van der Waals surface area contributed by atoms with Gasteiger partial charge in [0.25, 0.3) is 0 Å². The zero-order valence-electron chi connectivity index (χ0n) is 8.09. The highest BCUT2D eigenvalue weighted by molar-refractivity contribution is 7.81. The summed E-state index contributed by atoms with van der Waals surface area (Å²) in [7, 11) is 0. The average Bonchev–Trinajstić information content (AvgIpc) is 2.31. The quantitative estimate of drug-likeness (QED) is 0.424. The molecule has 1 aromatic carbocycles. The molecule has 0 unspecified atom stereocenters. The normalized spacial score (nSPS) is 16.4. The lowest BCUT2D eigenvalue weighted by Gasteiger charge is -2.05. The van der Waals surface area contributed by atoms with Crippen LogP contribution < -0.4 is 0 Å². The summed E-state index contributed by atoms with van der Waals surface area (Å²) >= 11 is 5.29. The largest absolute Gasteiger partial charge is 0.465 e. The summed E-state index contributed by atoms with van der Waals surface area (Å²) in [6.45, 7) is 0. The first-order chi connectivity index (χ1) is 7.36. The van der Waals surface area contributed by atoms with Crippen molar-refractivity contribution in [3.8, 4) is 0 Å². The van der Waals surface area contributed by atoms with Gasteiger partial charge >= 0.3 is 0 Å². The highest BCUT2D eigenvalue weighted by Gasteiger charge is 2.00. The van der Waals surface area contributed by atoms with Gasteiger partial charge in [-0.3, -0.25) is 0 Å². The molecular formula is C13H10OS. The van der Waals surface area contributed by atoms with Gasteiger partial charge in [0.2, 0.25) is 0 Å². The Morgan fingerprint density at radius 3 is 2.60 bits per heavy atom. The van der Waals surface area contributed by atoms with Crippen LogP contribution in [0.25, 0.3) is 0 Å². The average molecular weight is 214 g/mol. The lowest BCUT2D eigenvalue weighted by atomic mass is 10.1. The monoisotopic (exact) mass is 214 g/mol. The molecule has 2 rings (SSSR count). The fourth-order valence-electron chi connectivity index (χ4n) is 1.25. The number of allylic oxidation sites excluding steroid dienone is 4. The third-order valence-corrected chi connectivity index (χ3v) is 2.34. The maximum atomic E-state index is 5.29. The van der Waals surface area contributed by atoms with E-state index in [2.05, 4.69) is 0 Å². The molecule has 1 aliphatic rings. The topological polar surface area (TPSA) is 9.23 Å². The van der Waals surface area contributed by atoms with E-state index in [0.717, 1.165) is 16.2 Å². The van der Waals surface area contributed by atoms with Crippen LogP contribution in [0, 0.1) is 0 Å². The first-order valence-corrected chi connectivity index (χ1v) is 5.08. The molecule has 74 valence electrons. The SMILES string of the molecule is S=C(C=C1C=CC=CO1)c1ccccc1. The second-order valence-electron chi connectivity index (χ2n) is 3.08. The Bertz CT molecular complexity index is 441. The second-order valence-corrected chi connectivity index (χ2v) is 3.52. The number of ether oxygens (including phenoxy) is 1. The van der Waals surface area contributed by atoms with Gasteiger partial charge in [-0.25, -0.2) is 0 Å². The Morgan fingerprint density at radius 1 is 1.13 bits per heavy atom. The standard InChI is InChI=1S/C13H10OS/c15-13(11-6-2-1-3-7-11)10-12-8-4-5-9-14-12/h1-10H. The maximum Gasteiger partial charge on any atom is 0.127 e. The molecule has 0 aliphatic carbocycles. The van der Waals surface area contributed by atoms with E-state index < -0.39 is 0 Å². The summed E-state index contributed by atoms with van der Waals surface area (Å²) in [6.07, 6.45) is 9.13. The lowest BCUT2D eigenvalue weighted by molar-refractivity contribution is 0.365. The number of hydrogen-bond donors (Lipinski definition) is 0. The van der Waals surface area contributed by atoms with Crippen molar-refractivity contribution in [2.75, 3.05) is 0 Å². The molecule has 0 aromatic heterocycles. The Kier molecular flexibility index (Phi) is 3.10. The number of benzene rings is 1. The van der Waals surface area contributed by atoms with Crippen molar-refractivity contribution < 1.29 is 4.74 Å². The zero-order chi connectivity index (χ0) is 10.5. The van der Waals surface area contributed by atoms with Gasteiger partial charge in [0.15, 0.2) is 0 Å². The van der Waals surface area contributed by atoms with Gasteiger partial charge in [0.1, 0.15) is 5.76 Å². The molecule has 1 nitrogen and oxygen atoms in total. The lowest BCUT2D eigenvalue weighted by Crippen LogP contribution is -1.95. The molecule has 0 saturated heterocycles. The minimum absolute atomic E-state index is 0.770. The van der Waals surface area contributed by atoms with Crippen LogP contribution in [0.2, 0.25) is 0 Å². The summed E-state index contributed by atoms with van der Waals surface area (Å²) in [6, 6.07) is 9.89. The highest BCUT2D eigenvalue weighted by atomic mass is 32.1. The molecule has 0 N–H and O–H groups in total. The first-order valence-electron chi connectivity index (χ1n) is 4.67. The summed E-state index contributed by atoms with van der Waals surface area (Å²) in [5, 5.41) is 0. The molecule has 0 amide bonds. The minimum atomic E-state index is 0.770. The smallest absolute Gasteiger partial charge is 0.127 e. The van der Waals surface area contributed by atoms with Crippen molar-refractivity contribution in [1.29, 1.82) is 0 Å². The summed E-state index contributed by atoms with van der Waals surface area (Å²) < 4.78 is 5.28. The molecule has 15 heavy (non-hydrogen) atoms. The van der Waals surface area contributed by atoms with Gasteiger partial charge in [-0.15, -0.1) is 0 Å². The van der Waals surface area contributed by atoms with Gasteiger partial charge < -0.3 is 4.74 Å². The molecule has 0 fully saturated rings. The molecule has 0 saturated carbocycles. The Balaban J connectivity index is 2.17. The number of hydrogen-bond acceptors (Lipinski definition) is 2. The predicted octanol–water partition coefficient (Wildman–Crippen LogP) is 3.39. The van der Waals surface area contributed by atoms with Crippen molar-refractivity contribution in [2.24, 2.45) is 0 Å². The highest BCUT2D eigenvalue weighted by Crippen LogP contribution is 2.10. The molecule has 0 bridgehead atoms. The van der Waals surface area contributed by atoms with E-state index in [4.69, 9.17) is 17.0 Å². The van der Waals surface area contributed by atoms with E-state index in [0.29, 0.717) is 0 Å². The Labute approximate surface area is 94.4 Å². The van der Waals surface area contributed by atoms with Crippen LogP contribution in [0.3, 0.4) is 0 Å². The van der Waals surface area contributed by atoms with E-state index in [9.17, 15) is 0 Å². The van der Waals surface area contributed by atoms with E-state index in [1.165, 1.54) is 0 Å². The van der Waals surface area contributed by atoms with E-state index in [1.54, 1.807) is 6.26 Å². The molecule has 0 spiro atoms. The van der Waals surface area contributed by atoms with Crippen LogP contribution in [0.5, 0.6) is 0 Å². The predicted molar refractivity (Wildman–Crippen MR) is 65.6 cm³/mol. The fraction of sp³-hybridized carbons (Fsp3) is 0. The second kappa shape index (κ2) is 4.71. The molecule has 1 aliphatic heterocycles. The van der Waals surface area contributed by atoms with E-state index in [1.807, 2.05) is 54.6 Å². The van der Waals surface area contributed by atoms with Crippen LogP contribution in [0.15, 0.2) is 66.7 Å². The number of rotatable bonds is 2. The third kappa shape index (κ3) is 2.64. The Morgan fingerprint density at radius 2 is 1.93 bits per heavy atom. The molecule has 1 heterocycles. The van der Waals surface area contributed by atoms with Crippen molar-refractivity contribution in [3.05, 3.63) is 72.2 Å².